The van der Waals surface area contributed by atoms with Crippen LogP contribution in [0.3, 0.4) is 0 Å². The van der Waals surface area contributed by atoms with E-state index in [1.54, 1.807) is 35.5 Å². The maximum absolute atomic E-state index is 11.6. The average Bonchev–Trinajstić information content (AvgIpc) is 3.52. The number of hydrogen-bond donors (Lipinski definition) is 2. The molecule has 0 bridgehead atoms. The van der Waals surface area contributed by atoms with E-state index in [-0.39, 0.29) is 11.5 Å². The van der Waals surface area contributed by atoms with Crippen LogP contribution in [0.1, 0.15) is 34.6 Å². The summed E-state index contributed by atoms with van der Waals surface area (Å²) in [7, 11) is 0. The first-order valence-electron chi connectivity index (χ1n) is 12.0. The van der Waals surface area contributed by atoms with Gasteiger partial charge >= 0.3 is 5.97 Å². The highest BCUT2D eigenvalue weighted by atomic mass is 16.5. The molecule has 2 aromatic carbocycles. The molecule has 0 saturated heterocycles. The maximum Gasteiger partial charge on any atom is 0.347 e. The average molecular weight is 513 g/mol. The standard InChI is InChI=1S/C27H28N8O3/c1-26(2,3)35-21-9-6-16(17-12-30-25(28)31-13-17)10-20(21)33-23(35)19-8-7-18(38-27(4,5)24(36)37)11-22(19)34-15-29-14-32-34/h6-15H,1-5H3,(H,36,37)(H2,28,30,31). The molecule has 0 fully saturated rings. The van der Waals surface area contributed by atoms with Crippen LogP contribution in [0.15, 0.2) is 61.4 Å². The van der Waals surface area contributed by atoms with Crippen molar-refractivity contribution in [3.05, 3.63) is 61.4 Å². The van der Waals surface area contributed by atoms with Gasteiger partial charge in [-0.25, -0.2) is 29.4 Å². The van der Waals surface area contributed by atoms with Crippen molar-refractivity contribution < 1.29 is 14.6 Å². The van der Waals surface area contributed by atoms with E-state index in [1.807, 2.05) is 24.3 Å². The van der Waals surface area contributed by atoms with Gasteiger partial charge in [0, 0.05) is 35.1 Å². The van der Waals surface area contributed by atoms with Crippen LogP contribution >= 0.6 is 0 Å². The van der Waals surface area contributed by atoms with Crippen LogP contribution in [-0.2, 0) is 10.3 Å². The number of nitrogen functional groups attached to an aromatic ring is 1. The molecule has 5 aromatic rings. The second kappa shape index (κ2) is 8.94. The smallest absolute Gasteiger partial charge is 0.347 e. The van der Waals surface area contributed by atoms with E-state index in [2.05, 4.69) is 45.4 Å². The van der Waals surface area contributed by atoms with Crippen molar-refractivity contribution in [3.8, 4) is 34.0 Å². The fourth-order valence-corrected chi connectivity index (χ4v) is 4.23. The number of rotatable bonds is 6. The number of carboxylic acids is 1. The molecule has 0 aliphatic heterocycles. The second-order valence-corrected chi connectivity index (χ2v) is 10.4. The van der Waals surface area contributed by atoms with E-state index in [0.29, 0.717) is 17.3 Å². The molecule has 0 saturated carbocycles. The molecule has 0 radical (unpaired) electrons. The Morgan fingerprint density at radius 2 is 1.74 bits per heavy atom. The van der Waals surface area contributed by atoms with Crippen LogP contribution in [0.25, 0.3) is 39.2 Å². The molecule has 5 rings (SSSR count). The first-order valence-corrected chi connectivity index (χ1v) is 12.0. The molecular weight excluding hydrogens is 484 g/mol. The molecule has 3 aromatic heterocycles. The minimum absolute atomic E-state index is 0.217. The Hall–Kier alpha value is -4.80. The van der Waals surface area contributed by atoms with Gasteiger partial charge in [0.05, 0.1) is 16.7 Å². The van der Waals surface area contributed by atoms with Gasteiger partial charge in [-0.05, 0) is 64.4 Å². The minimum atomic E-state index is -1.41. The molecule has 11 nitrogen and oxygen atoms in total. The minimum Gasteiger partial charge on any atom is -0.478 e. The van der Waals surface area contributed by atoms with E-state index in [4.69, 9.17) is 15.5 Å². The SMILES string of the molecule is CC(C)(Oc1ccc(-c2nc3cc(-c4cnc(N)nc4)ccc3n2C(C)(C)C)c(-n2cncn2)c1)C(=O)O. The maximum atomic E-state index is 11.6. The van der Waals surface area contributed by atoms with Crippen LogP contribution in [0, 0.1) is 0 Å². The number of imidazole rings is 1. The van der Waals surface area contributed by atoms with E-state index in [9.17, 15) is 9.90 Å². The van der Waals surface area contributed by atoms with E-state index < -0.39 is 11.6 Å². The Labute approximate surface area is 219 Å². The quantitative estimate of drug-likeness (QED) is 0.339. The van der Waals surface area contributed by atoms with Gasteiger partial charge in [0.15, 0.2) is 5.60 Å². The van der Waals surface area contributed by atoms with Crippen LogP contribution in [0.5, 0.6) is 5.75 Å². The van der Waals surface area contributed by atoms with Crippen LogP contribution in [0.4, 0.5) is 5.95 Å². The van der Waals surface area contributed by atoms with Crippen molar-refractivity contribution in [2.75, 3.05) is 5.73 Å². The first kappa shape index (κ1) is 24.9. The van der Waals surface area contributed by atoms with Crippen molar-refractivity contribution in [2.45, 2.75) is 45.8 Å². The molecule has 0 atom stereocenters. The van der Waals surface area contributed by atoms with Gasteiger partial charge < -0.3 is 20.1 Å². The van der Waals surface area contributed by atoms with E-state index in [1.165, 1.54) is 20.2 Å². The Morgan fingerprint density at radius 3 is 2.37 bits per heavy atom. The lowest BCUT2D eigenvalue weighted by Gasteiger charge is -2.26. The molecular formula is C27H28N8O3. The summed E-state index contributed by atoms with van der Waals surface area (Å²) in [6.45, 7) is 9.34. The lowest BCUT2D eigenvalue weighted by Crippen LogP contribution is -2.37. The summed E-state index contributed by atoms with van der Waals surface area (Å²) in [6, 6.07) is 11.4. The number of carbonyl (C=O) groups is 1. The van der Waals surface area contributed by atoms with Crippen molar-refractivity contribution in [2.24, 2.45) is 0 Å². The normalized spacial score (nSPS) is 12.1. The van der Waals surface area contributed by atoms with Crippen molar-refractivity contribution in [3.63, 3.8) is 0 Å². The Kier molecular flexibility index (Phi) is 5.85. The zero-order valence-corrected chi connectivity index (χ0v) is 21.7. The van der Waals surface area contributed by atoms with Crippen molar-refractivity contribution in [1.82, 2.24) is 34.3 Å². The lowest BCUT2D eigenvalue weighted by molar-refractivity contribution is -0.152. The highest BCUT2D eigenvalue weighted by Gasteiger charge is 2.30. The summed E-state index contributed by atoms with van der Waals surface area (Å²) in [5.74, 6) is 0.248. The number of aliphatic carboxylic acids is 1. The number of hydrogen-bond acceptors (Lipinski definition) is 8. The Balaban J connectivity index is 1.71. The number of fused-ring (bicyclic) bond motifs is 1. The number of carboxylic acid groups (broad SMARTS) is 1. The topological polar surface area (TPSA) is 147 Å². The van der Waals surface area contributed by atoms with Gasteiger partial charge in [0.2, 0.25) is 5.95 Å². The fraction of sp³-hybridized carbons (Fsp3) is 0.259. The highest BCUT2D eigenvalue weighted by Crippen LogP contribution is 2.37. The monoisotopic (exact) mass is 512 g/mol. The predicted octanol–water partition coefficient (Wildman–Crippen LogP) is 4.32. The van der Waals surface area contributed by atoms with Crippen LogP contribution < -0.4 is 10.5 Å². The summed E-state index contributed by atoms with van der Waals surface area (Å²) in [4.78, 5) is 29.0. The summed E-state index contributed by atoms with van der Waals surface area (Å²) in [5, 5.41) is 13.9. The molecule has 0 aliphatic rings. The van der Waals surface area contributed by atoms with Crippen LogP contribution in [-0.4, -0.2) is 51.0 Å². The number of nitrogens with two attached hydrogens (primary N) is 1. The third-order valence-corrected chi connectivity index (χ3v) is 6.09. The van der Waals surface area contributed by atoms with Gasteiger partial charge in [-0.3, -0.25) is 0 Å². The molecule has 3 heterocycles. The second-order valence-electron chi connectivity index (χ2n) is 10.4. The van der Waals surface area contributed by atoms with Gasteiger partial charge in [-0.2, -0.15) is 5.10 Å². The number of aromatic nitrogens is 7. The van der Waals surface area contributed by atoms with Gasteiger partial charge in [0.25, 0.3) is 0 Å². The van der Waals surface area contributed by atoms with Gasteiger partial charge in [0.1, 0.15) is 24.2 Å². The first-order chi connectivity index (χ1) is 17.9. The fourth-order valence-electron chi connectivity index (χ4n) is 4.23. The Bertz CT molecular complexity index is 1630. The number of anilines is 1. The number of ether oxygens (including phenoxy) is 1. The van der Waals surface area contributed by atoms with Gasteiger partial charge in [-0.15, -0.1) is 0 Å². The molecule has 0 unspecified atom stereocenters. The number of benzene rings is 2. The molecule has 0 spiro atoms. The lowest BCUT2D eigenvalue weighted by atomic mass is 10.0. The summed E-state index contributed by atoms with van der Waals surface area (Å²) in [5.41, 5.74) is 8.83. The van der Waals surface area contributed by atoms with E-state index in [0.717, 1.165) is 27.7 Å². The molecule has 3 N–H and O–H groups in total. The van der Waals surface area contributed by atoms with Crippen molar-refractivity contribution >= 4 is 23.0 Å². The Morgan fingerprint density at radius 1 is 1.00 bits per heavy atom. The highest BCUT2D eigenvalue weighted by molar-refractivity contribution is 5.87. The molecule has 11 heteroatoms. The zero-order chi connectivity index (χ0) is 27.2. The number of nitrogens with zero attached hydrogens (tertiary/aromatic N) is 7. The molecule has 38 heavy (non-hydrogen) atoms. The summed E-state index contributed by atoms with van der Waals surface area (Å²) >= 11 is 0. The van der Waals surface area contributed by atoms with Gasteiger partial charge in [-0.1, -0.05) is 6.07 Å². The molecule has 0 aliphatic carbocycles. The zero-order valence-electron chi connectivity index (χ0n) is 21.7. The summed E-state index contributed by atoms with van der Waals surface area (Å²) in [6.07, 6.45) is 6.39. The third kappa shape index (κ3) is 4.54. The third-order valence-electron chi connectivity index (χ3n) is 6.09. The van der Waals surface area contributed by atoms with Crippen molar-refractivity contribution in [1.29, 1.82) is 0 Å². The largest absolute Gasteiger partial charge is 0.478 e. The summed E-state index contributed by atoms with van der Waals surface area (Å²) < 4.78 is 9.59. The van der Waals surface area contributed by atoms with Crippen LogP contribution in [0.2, 0.25) is 0 Å². The van der Waals surface area contributed by atoms with E-state index >= 15 is 0 Å². The predicted molar refractivity (Wildman–Crippen MR) is 143 cm³/mol. The molecule has 194 valence electrons. The molecule has 0 amide bonds.